The van der Waals surface area contributed by atoms with Gasteiger partial charge in [-0.2, -0.15) is 0 Å². The Hall–Kier alpha value is -1.90. The van der Waals surface area contributed by atoms with Crippen molar-refractivity contribution < 1.29 is 17.9 Å². The molecule has 0 aliphatic rings. The molecule has 0 saturated heterocycles. The van der Waals surface area contributed by atoms with E-state index in [1.165, 1.54) is 24.3 Å². The third-order valence-corrected chi connectivity index (χ3v) is 5.85. The molecule has 0 aromatic heterocycles. The van der Waals surface area contributed by atoms with Crippen LogP contribution in [0, 0.1) is 0 Å². The van der Waals surface area contributed by atoms with Gasteiger partial charge in [-0.3, -0.25) is 4.79 Å². The van der Waals surface area contributed by atoms with Crippen LogP contribution in [0.15, 0.2) is 57.9 Å². The summed E-state index contributed by atoms with van der Waals surface area (Å²) < 4.78 is 33.1. The predicted molar refractivity (Wildman–Crippen MR) is 108 cm³/mol. The molecule has 2 rings (SSSR count). The Morgan fingerprint density at radius 1 is 1.04 bits per heavy atom. The summed E-state index contributed by atoms with van der Waals surface area (Å²) in [6.45, 7) is 5.24. The van der Waals surface area contributed by atoms with E-state index in [0.29, 0.717) is 5.75 Å². The highest BCUT2D eigenvalue weighted by molar-refractivity contribution is 9.10. The number of carbonyl (C=O) groups is 1. The van der Waals surface area contributed by atoms with Gasteiger partial charge >= 0.3 is 0 Å². The van der Waals surface area contributed by atoms with Crippen molar-refractivity contribution in [3.8, 4) is 5.75 Å². The third-order valence-electron chi connectivity index (χ3n) is 3.64. The van der Waals surface area contributed by atoms with Crippen molar-refractivity contribution in [3.63, 3.8) is 0 Å². The molecule has 2 N–H and O–H groups in total. The molecule has 1 unspecified atom stereocenters. The summed E-state index contributed by atoms with van der Waals surface area (Å²) in [6, 6.07) is 13.3. The predicted octanol–water partition coefficient (Wildman–Crippen LogP) is 3.39. The van der Waals surface area contributed by atoms with E-state index in [2.05, 4.69) is 26.0 Å². The summed E-state index contributed by atoms with van der Waals surface area (Å²) in [6.07, 6.45) is 0. The molecule has 0 aliphatic heterocycles. The smallest absolute Gasteiger partial charge is 0.258 e. The van der Waals surface area contributed by atoms with E-state index < -0.39 is 10.0 Å². The first-order valence-electron chi connectivity index (χ1n) is 8.47. The average Bonchev–Trinajstić information content (AvgIpc) is 2.60. The van der Waals surface area contributed by atoms with E-state index in [9.17, 15) is 13.2 Å². The van der Waals surface area contributed by atoms with Crippen LogP contribution in [0.1, 0.15) is 32.4 Å². The van der Waals surface area contributed by atoms with Gasteiger partial charge in [-0.25, -0.2) is 13.1 Å². The van der Waals surface area contributed by atoms with Gasteiger partial charge in [0.2, 0.25) is 10.0 Å². The molecule has 0 fully saturated rings. The second-order valence-electron chi connectivity index (χ2n) is 6.38. The fourth-order valence-corrected chi connectivity index (χ4v) is 3.88. The van der Waals surface area contributed by atoms with E-state index in [1.807, 2.05) is 31.2 Å². The quantitative estimate of drug-likeness (QED) is 0.639. The van der Waals surface area contributed by atoms with Crippen molar-refractivity contribution in [1.82, 2.24) is 10.0 Å². The molecular weight excluding hydrogens is 432 g/mol. The minimum atomic E-state index is -3.55. The molecule has 0 heterocycles. The second-order valence-corrected chi connectivity index (χ2v) is 9.01. The fourth-order valence-electron chi connectivity index (χ4n) is 2.36. The number of nitrogens with one attached hydrogen (secondary N) is 2. The van der Waals surface area contributed by atoms with Crippen LogP contribution < -0.4 is 14.8 Å². The lowest BCUT2D eigenvalue weighted by Gasteiger charge is -2.15. The molecule has 2 aromatic carbocycles. The topological polar surface area (TPSA) is 84.5 Å². The summed E-state index contributed by atoms with van der Waals surface area (Å²) in [4.78, 5) is 12.2. The molecule has 1 atom stereocenters. The number of hydrogen-bond donors (Lipinski definition) is 2. The van der Waals surface area contributed by atoms with Gasteiger partial charge in [0.1, 0.15) is 5.75 Å². The molecule has 27 heavy (non-hydrogen) atoms. The first-order valence-corrected chi connectivity index (χ1v) is 10.7. The molecule has 6 nitrogen and oxygen atoms in total. The van der Waals surface area contributed by atoms with Gasteiger partial charge in [-0.05, 0) is 62.7 Å². The monoisotopic (exact) mass is 454 g/mol. The Kier molecular flexibility index (Phi) is 7.41. The fraction of sp³-hybridized carbons (Fsp3) is 0.316. The molecule has 0 saturated carbocycles. The maximum absolute atomic E-state index is 12.1. The van der Waals surface area contributed by atoms with Crippen LogP contribution in [0.5, 0.6) is 5.75 Å². The first kappa shape index (κ1) is 21.4. The third kappa shape index (κ3) is 6.64. The molecule has 146 valence electrons. The van der Waals surface area contributed by atoms with Gasteiger partial charge in [0.15, 0.2) is 6.61 Å². The lowest BCUT2D eigenvalue weighted by atomic mass is 10.1. The van der Waals surface area contributed by atoms with Crippen molar-refractivity contribution in [3.05, 3.63) is 58.6 Å². The molecular formula is C19H23BrN2O4S. The zero-order valence-corrected chi connectivity index (χ0v) is 17.8. The highest BCUT2D eigenvalue weighted by Gasteiger charge is 2.15. The average molecular weight is 455 g/mol. The Bertz CT molecular complexity index is 866. The lowest BCUT2D eigenvalue weighted by Crippen LogP contribution is -2.31. The summed E-state index contributed by atoms with van der Waals surface area (Å²) in [5.41, 5.74) is 0.985. The molecule has 0 spiro atoms. The number of hydrogen-bond acceptors (Lipinski definition) is 4. The number of carbonyl (C=O) groups excluding carboxylic acids is 1. The molecule has 0 aliphatic carbocycles. The van der Waals surface area contributed by atoms with Crippen LogP contribution in [0.4, 0.5) is 0 Å². The minimum Gasteiger partial charge on any atom is -0.484 e. The van der Waals surface area contributed by atoms with Crippen LogP contribution in [0.2, 0.25) is 0 Å². The number of rotatable bonds is 8. The number of halogens is 1. The number of benzene rings is 2. The zero-order valence-electron chi connectivity index (χ0n) is 15.4. The lowest BCUT2D eigenvalue weighted by molar-refractivity contribution is -0.123. The normalized spacial score (nSPS) is 12.6. The Labute approximate surface area is 168 Å². The van der Waals surface area contributed by atoms with E-state index in [1.54, 1.807) is 13.8 Å². The van der Waals surface area contributed by atoms with Crippen molar-refractivity contribution >= 4 is 31.9 Å². The van der Waals surface area contributed by atoms with Crippen LogP contribution >= 0.6 is 15.9 Å². The summed E-state index contributed by atoms with van der Waals surface area (Å²) in [7, 11) is -3.55. The second kappa shape index (κ2) is 9.34. The number of amides is 1. The zero-order chi connectivity index (χ0) is 20.0. The van der Waals surface area contributed by atoms with Crippen molar-refractivity contribution in [2.24, 2.45) is 0 Å². The summed E-state index contributed by atoms with van der Waals surface area (Å²) in [5.74, 6) is 0.161. The van der Waals surface area contributed by atoms with E-state index in [0.717, 1.165) is 10.0 Å². The SMILES string of the molecule is CC(C)NS(=O)(=O)c1ccc(OCC(=O)NC(C)c2ccc(Br)cc2)cc1. The van der Waals surface area contributed by atoms with Crippen LogP contribution in [-0.4, -0.2) is 27.0 Å². The van der Waals surface area contributed by atoms with Crippen molar-refractivity contribution in [2.45, 2.75) is 37.8 Å². The van der Waals surface area contributed by atoms with Crippen LogP contribution in [0.3, 0.4) is 0 Å². The van der Waals surface area contributed by atoms with Crippen molar-refractivity contribution in [1.29, 1.82) is 0 Å². The summed E-state index contributed by atoms with van der Waals surface area (Å²) >= 11 is 3.38. The van der Waals surface area contributed by atoms with E-state index in [4.69, 9.17) is 4.74 Å². The number of ether oxygens (including phenoxy) is 1. The molecule has 8 heteroatoms. The molecule has 0 radical (unpaired) electrons. The minimum absolute atomic E-state index is 0.149. The van der Waals surface area contributed by atoms with Gasteiger partial charge in [0, 0.05) is 10.5 Å². The van der Waals surface area contributed by atoms with Crippen LogP contribution in [0.25, 0.3) is 0 Å². The van der Waals surface area contributed by atoms with Gasteiger partial charge in [0.05, 0.1) is 10.9 Å². The summed E-state index contributed by atoms with van der Waals surface area (Å²) in [5, 5.41) is 2.86. The Balaban J connectivity index is 1.89. The molecule has 1 amide bonds. The van der Waals surface area contributed by atoms with Gasteiger partial charge in [-0.1, -0.05) is 28.1 Å². The van der Waals surface area contributed by atoms with Crippen molar-refractivity contribution in [2.75, 3.05) is 6.61 Å². The molecule has 0 bridgehead atoms. The van der Waals surface area contributed by atoms with Gasteiger partial charge in [-0.15, -0.1) is 0 Å². The first-order chi connectivity index (χ1) is 12.7. The van der Waals surface area contributed by atoms with E-state index >= 15 is 0 Å². The maximum Gasteiger partial charge on any atom is 0.258 e. The van der Waals surface area contributed by atoms with Gasteiger partial charge in [0.25, 0.3) is 5.91 Å². The Morgan fingerprint density at radius 2 is 1.63 bits per heavy atom. The number of sulfonamides is 1. The van der Waals surface area contributed by atoms with E-state index in [-0.39, 0.29) is 29.5 Å². The highest BCUT2D eigenvalue weighted by atomic mass is 79.9. The van der Waals surface area contributed by atoms with Gasteiger partial charge < -0.3 is 10.1 Å². The molecule has 2 aromatic rings. The largest absolute Gasteiger partial charge is 0.484 e. The highest BCUT2D eigenvalue weighted by Crippen LogP contribution is 2.18. The maximum atomic E-state index is 12.1. The standard InChI is InChI=1S/C19H23BrN2O4S/c1-13(2)22-27(24,25)18-10-8-17(9-11-18)26-12-19(23)21-14(3)15-4-6-16(20)7-5-15/h4-11,13-14,22H,12H2,1-3H3,(H,21,23). The Morgan fingerprint density at radius 3 is 2.19 bits per heavy atom. The van der Waals surface area contributed by atoms with Crippen LogP contribution in [-0.2, 0) is 14.8 Å².